The maximum absolute atomic E-state index is 5.95. The van der Waals surface area contributed by atoms with Gasteiger partial charge in [-0.05, 0) is 37.4 Å². The van der Waals surface area contributed by atoms with Gasteiger partial charge in [0.15, 0.2) is 5.82 Å². The van der Waals surface area contributed by atoms with Crippen LogP contribution in [0.15, 0.2) is 35.2 Å². The minimum Gasteiger partial charge on any atom is -0.439 e. The van der Waals surface area contributed by atoms with Crippen LogP contribution in [0.3, 0.4) is 0 Å². The monoisotopic (exact) mass is 310 g/mol. The van der Waals surface area contributed by atoms with E-state index in [1.807, 2.05) is 37.4 Å². The fraction of sp³-hybridized carbons (Fsp3) is 0.286. The summed E-state index contributed by atoms with van der Waals surface area (Å²) in [4.78, 5) is 9.52. The molecule has 0 amide bonds. The summed E-state index contributed by atoms with van der Waals surface area (Å²) < 4.78 is 10.9. The van der Waals surface area contributed by atoms with E-state index in [2.05, 4.69) is 9.97 Å². The van der Waals surface area contributed by atoms with Crippen LogP contribution in [0, 0.1) is 0 Å². The van der Waals surface area contributed by atoms with Crippen molar-refractivity contribution in [1.29, 1.82) is 0 Å². The van der Waals surface area contributed by atoms with Crippen LogP contribution in [-0.4, -0.2) is 22.8 Å². The third kappa shape index (κ3) is 4.37. The Morgan fingerprint density at radius 1 is 1.20 bits per heavy atom. The summed E-state index contributed by atoms with van der Waals surface area (Å²) in [5.41, 5.74) is 0. The molecule has 0 aliphatic carbocycles. The molecule has 4 nitrogen and oxygen atoms in total. The molecule has 6 heteroatoms. The average Bonchev–Trinajstić information content (AvgIpc) is 2.45. The highest BCUT2D eigenvalue weighted by Gasteiger charge is 2.06. The minimum absolute atomic E-state index is 0.318. The number of halogens is 1. The number of hydrogen-bond acceptors (Lipinski definition) is 5. The molecule has 0 atom stereocenters. The first-order valence-electron chi connectivity index (χ1n) is 6.14. The molecule has 106 valence electrons. The Labute approximate surface area is 127 Å². The van der Waals surface area contributed by atoms with E-state index in [1.54, 1.807) is 17.8 Å². The summed E-state index contributed by atoms with van der Waals surface area (Å²) in [6.45, 7) is 2.83. The van der Waals surface area contributed by atoms with Crippen LogP contribution in [0.5, 0.6) is 11.6 Å². The second kappa shape index (κ2) is 7.47. The van der Waals surface area contributed by atoms with Gasteiger partial charge < -0.3 is 9.47 Å². The van der Waals surface area contributed by atoms with Crippen LogP contribution in [-0.2, 0) is 11.3 Å². The molecular weight excluding hydrogens is 296 g/mol. The molecule has 0 unspecified atom stereocenters. The second-order valence-electron chi connectivity index (χ2n) is 3.86. The summed E-state index contributed by atoms with van der Waals surface area (Å²) in [5, 5.41) is 0.338. The van der Waals surface area contributed by atoms with Crippen molar-refractivity contribution in [3.05, 3.63) is 41.3 Å². The van der Waals surface area contributed by atoms with E-state index < -0.39 is 0 Å². The Kier molecular flexibility index (Phi) is 5.64. The van der Waals surface area contributed by atoms with E-state index in [0.29, 0.717) is 35.8 Å². The average molecular weight is 311 g/mol. The van der Waals surface area contributed by atoms with Crippen molar-refractivity contribution in [2.45, 2.75) is 18.4 Å². The second-order valence-corrected chi connectivity index (χ2v) is 5.13. The van der Waals surface area contributed by atoms with Gasteiger partial charge in [-0.25, -0.2) is 4.98 Å². The van der Waals surface area contributed by atoms with Crippen LogP contribution >= 0.6 is 23.4 Å². The predicted molar refractivity (Wildman–Crippen MR) is 80.7 cm³/mol. The zero-order valence-corrected chi connectivity index (χ0v) is 12.9. The summed E-state index contributed by atoms with van der Waals surface area (Å²) >= 11 is 7.63. The summed E-state index contributed by atoms with van der Waals surface area (Å²) in [5.74, 6) is 1.63. The molecule has 0 fully saturated rings. The smallest absolute Gasteiger partial charge is 0.224 e. The summed E-state index contributed by atoms with van der Waals surface area (Å²) in [6.07, 6.45) is 2.03. The molecule has 0 saturated heterocycles. The molecule has 1 aromatic carbocycles. The van der Waals surface area contributed by atoms with Gasteiger partial charge in [-0.2, -0.15) is 4.98 Å². The molecular formula is C14H15ClN2O2S. The predicted octanol–water partition coefficient (Wildman–Crippen LogP) is 4.18. The maximum atomic E-state index is 5.95. The zero-order valence-electron chi connectivity index (χ0n) is 11.3. The Morgan fingerprint density at radius 3 is 2.60 bits per heavy atom. The largest absolute Gasteiger partial charge is 0.439 e. The van der Waals surface area contributed by atoms with Gasteiger partial charge in [0.2, 0.25) is 5.88 Å². The molecule has 0 aliphatic heterocycles. The fourth-order valence-electron chi connectivity index (χ4n) is 1.52. The molecule has 0 saturated carbocycles. The highest BCUT2D eigenvalue weighted by molar-refractivity contribution is 7.98. The van der Waals surface area contributed by atoms with Crippen molar-refractivity contribution < 1.29 is 9.47 Å². The van der Waals surface area contributed by atoms with Gasteiger partial charge in [0.1, 0.15) is 17.5 Å². The number of hydrogen-bond donors (Lipinski definition) is 0. The van der Waals surface area contributed by atoms with Crippen LogP contribution < -0.4 is 4.74 Å². The van der Waals surface area contributed by atoms with Crippen LogP contribution in [0.2, 0.25) is 5.15 Å². The van der Waals surface area contributed by atoms with E-state index in [1.165, 1.54) is 4.90 Å². The van der Waals surface area contributed by atoms with Gasteiger partial charge in [0, 0.05) is 17.6 Å². The van der Waals surface area contributed by atoms with Crippen LogP contribution in [0.1, 0.15) is 12.7 Å². The first-order chi connectivity index (χ1) is 9.71. The van der Waals surface area contributed by atoms with Gasteiger partial charge in [-0.3, -0.25) is 0 Å². The molecule has 1 heterocycles. The van der Waals surface area contributed by atoms with Gasteiger partial charge in [0.05, 0.1) is 0 Å². The first kappa shape index (κ1) is 15.1. The lowest BCUT2D eigenvalue weighted by Crippen LogP contribution is -2.00. The molecule has 2 rings (SSSR count). The van der Waals surface area contributed by atoms with Gasteiger partial charge >= 0.3 is 0 Å². The Bertz CT molecular complexity index is 564. The van der Waals surface area contributed by atoms with Gasteiger partial charge in [0.25, 0.3) is 0 Å². The van der Waals surface area contributed by atoms with E-state index in [-0.39, 0.29) is 0 Å². The lowest BCUT2D eigenvalue weighted by atomic mass is 10.3. The lowest BCUT2D eigenvalue weighted by molar-refractivity contribution is 0.128. The van der Waals surface area contributed by atoms with Crippen molar-refractivity contribution in [3.8, 4) is 11.6 Å². The fourth-order valence-corrected chi connectivity index (χ4v) is 2.12. The van der Waals surface area contributed by atoms with Crippen molar-refractivity contribution in [2.24, 2.45) is 0 Å². The third-order valence-electron chi connectivity index (χ3n) is 2.43. The summed E-state index contributed by atoms with van der Waals surface area (Å²) in [7, 11) is 0. The third-order valence-corrected chi connectivity index (χ3v) is 3.37. The SMILES string of the molecule is CCOCc1nc(Cl)cc(Oc2ccc(SC)cc2)n1. The number of ether oxygens (including phenoxy) is 2. The first-order valence-corrected chi connectivity index (χ1v) is 7.74. The van der Waals surface area contributed by atoms with E-state index >= 15 is 0 Å². The van der Waals surface area contributed by atoms with Gasteiger partial charge in [-0.15, -0.1) is 11.8 Å². The highest BCUT2D eigenvalue weighted by Crippen LogP contribution is 2.24. The van der Waals surface area contributed by atoms with Crippen molar-refractivity contribution in [1.82, 2.24) is 9.97 Å². The minimum atomic E-state index is 0.318. The Hall–Kier alpha value is -1.30. The quantitative estimate of drug-likeness (QED) is 0.591. The number of benzene rings is 1. The van der Waals surface area contributed by atoms with Crippen LogP contribution in [0.4, 0.5) is 0 Å². The van der Waals surface area contributed by atoms with Crippen molar-refractivity contribution in [2.75, 3.05) is 12.9 Å². The molecule has 0 radical (unpaired) electrons. The van der Waals surface area contributed by atoms with Crippen molar-refractivity contribution >= 4 is 23.4 Å². The molecule has 0 bridgehead atoms. The van der Waals surface area contributed by atoms with Crippen LogP contribution in [0.25, 0.3) is 0 Å². The molecule has 0 spiro atoms. The van der Waals surface area contributed by atoms with E-state index in [0.717, 1.165) is 0 Å². The van der Waals surface area contributed by atoms with E-state index in [9.17, 15) is 0 Å². The number of aromatic nitrogens is 2. The number of thioether (sulfide) groups is 1. The summed E-state index contributed by atoms with van der Waals surface area (Å²) in [6, 6.07) is 9.35. The zero-order chi connectivity index (χ0) is 14.4. The highest BCUT2D eigenvalue weighted by atomic mass is 35.5. The molecule has 2 aromatic rings. The van der Waals surface area contributed by atoms with Gasteiger partial charge in [-0.1, -0.05) is 11.6 Å². The normalized spacial score (nSPS) is 10.6. The topological polar surface area (TPSA) is 44.2 Å². The Balaban J connectivity index is 2.12. The number of rotatable bonds is 6. The number of nitrogens with zero attached hydrogens (tertiary/aromatic N) is 2. The molecule has 1 aromatic heterocycles. The van der Waals surface area contributed by atoms with Crippen molar-refractivity contribution in [3.63, 3.8) is 0 Å². The lowest BCUT2D eigenvalue weighted by Gasteiger charge is -2.07. The molecule has 0 aliphatic rings. The van der Waals surface area contributed by atoms with E-state index in [4.69, 9.17) is 21.1 Å². The Morgan fingerprint density at radius 2 is 1.95 bits per heavy atom. The molecule has 0 N–H and O–H groups in total. The standard InChI is InChI=1S/C14H15ClN2O2S/c1-3-18-9-13-16-12(15)8-14(17-13)19-10-4-6-11(20-2)7-5-10/h4-8H,3,9H2,1-2H3. The maximum Gasteiger partial charge on any atom is 0.224 e. The molecule has 20 heavy (non-hydrogen) atoms.